The predicted molar refractivity (Wildman–Crippen MR) is 87.1 cm³/mol. The molecular weight excluding hydrogens is 282 g/mol. The van der Waals surface area contributed by atoms with Crippen LogP contribution in [0, 0.1) is 5.92 Å². The molecule has 0 aromatic carbocycles. The van der Waals surface area contributed by atoms with E-state index in [0.717, 1.165) is 65.0 Å². The van der Waals surface area contributed by atoms with Crippen molar-refractivity contribution in [1.29, 1.82) is 0 Å². The van der Waals surface area contributed by atoms with Gasteiger partial charge < -0.3 is 19.1 Å². The number of nitrogens with zero attached hydrogens (tertiary/aromatic N) is 1. The second kappa shape index (κ2) is 10.1. The number of likely N-dealkylation sites (tertiary alicyclic amines) is 1. The van der Waals surface area contributed by atoms with Gasteiger partial charge in [0, 0.05) is 40.0 Å². The maximum Gasteiger partial charge on any atom is 0.410 e. The van der Waals surface area contributed by atoms with Gasteiger partial charge in [-0.05, 0) is 58.8 Å². The van der Waals surface area contributed by atoms with Gasteiger partial charge in [0.1, 0.15) is 5.60 Å². The Morgan fingerprint density at radius 1 is 1.09 bits per heavy atom. The second-order valence-corrected chi connectivity index (χ2v) is 7.04. The van der Waals surface area contributed by atoms with Crippen molar-refractivity contribution in [3.05, 3.63) is 0 Å². The minimum Gasteiger partial charge on any atom is -0.444 e. The van der Waals surface area contributed by atoms with Crippen molar-refractivity contribution >= 4 is 6.09 Å². The summed E-state index contributed by atoms with van der Waals surface area (Å²) in [5, 5.41) is 0. The van der Waals surface area contributed by atoms with Gasteiger partial charge in [0.15, 0.2) is 0 Å². The first-order valence-corrected chi connectivity index (χ1v) is 8.47. The van der Waals surface area contributed by atoms with Gasteiger partial charge in [-0.3, -0.25) is 0 Å². The van der Waals surface area contributed by atoms with Crippen LogP contribution in [0.25, 0.3) is 0 Å². The average molecular weight is 315 g/mol. The Bertz CT molecular complexity index is 306. The Kier molecular flexibility index (Phi) is 8.79. The highest BCUT2D eigenvalue weighted by atomic mass is 16.6. The molecule has 0 aliphatic carbocycles. The molecule has 130 valence electrons. The zero-order valence-electron chi connectivity index (χ0n) is 14.7. The molecule has 0 N–H and O–H groups in total. The molecule has 0 atom stereocenters. The van der Waals surface area contributed by atoms with E-state index in [-0.39, 0.29) is 6.09 Å². The molecule has 0 bridgehead atoms. The second-order valence-electron chi connectivity index (χ2n) is 7.04. The molecule has 5 heteroatoms. The fourth-order valence-corrected chi connectivity index (χ4v) is 2.49. The third-order valence-electron chi connectivity index (χ3n) is 3.76. The van der Waals surface area contributed by atoms with Crippen molar-refractivity contribution < 1.29 is 19.0 Å². The molecule has 1 amide bonds. The highest BCUT2D eigenvalue weighted by Crippen LogP contribution is 2.20. The lowest BCUT2D eigenvalue weighted by Gasteiger charge is -2.33. The highest BCUT2D eigenvalue weighted by Gasteiger charge is 2.26. The highest BCUT2D eigenvalue weighted by molar-refractivity contribution is 5.68. The van der Waals surface area contributed by atoms with Crippen LogP contribution in [0.2, 0.25) is 0 Å². The Morgan fingerprint density at radius 2 is 1.73 bits per heavy atom. The Labute approximate surface area is 135 Å². The minimum atomic E-state index is -0.417. The first kappa shape index (κ1) is 19.2. The number of hydrogen-bond donors (Lipinski definition) is 0. The molecule has 1 aliphatic heterocycles. The number of methoxy groups -OCH3 is 1. The number of amides is 1. The number of rotatable bonds is 8. The van der Waals surface area contributed by atoms with Gasteiger partial charge in [0.05, 0.1) is 0 Å². The van der Waals surface area contributed by atoms with Crippen molar-refractivity contribution in [2.45, 2.75) is 58.5 Å². The molecule has 1 heterocycles. The summed E-state index contributed by atoms with van der Waals surface area (Å²) < 4.78 is 16.2. The zero-order valence-corrected chi connectivity index (χ0v) is 14.7. The van der Waals surface area contributed by atoms with Crippen LogP contribution >= 0.6 is 0 Å². The van der Waals surface area contributed by atoms with Crippen LogP contribution in [0.4, 0.5) is 4.79 Å². The Morgan fingerprint density at radius 3 is 2.32 bits per heavy atom. The largest absolute Gasteiger partial charge is 0.444 e. The van der Waals surface area contributed by atoms with Gasteiger partial charge >= 0.3 is 6.09 Å². The number of ether oxygens (including phenoxy) is 3. The van der Waals surface area contributed by atoms with E-state index in [2.05, 4.69) is 0 Å². The van der Waals surface area contributed by atoms with Gasteiger partial charge in [-0.25, -0.2) is 4.79 Å². The maximum atomic E-state index is 12.0. The van der Waals surface area contributed by atoms with Gasteiger partial charge in [-0.15, -0.1) is 0 Å². The van der Waals surface area contributed by atoms with E-state index in [0.29, 0.717) is 5.92 Å². The van der Waals surface area contributed by atoms with E-state index >= 15 is 0 Å². The number of carbonyl (C=O) groups excluding carboxylic acids is 1. The van der Waals surface area contributed by atoms with E-state index in [1.54, 1.807) is 7.11 Å². The van der Waals surface area contributed by atoms with Crippen LogP contribution in [0.3, 0.4) is 0 Å². The summed E-state index contributed by atoms with van der Waals surface area (Å²) in [6, 6.07) is 0. The molecule has 22 heavy (non-hydrogen) atoms. The van der Waals surface area contributed by atoms with Crippen LogP contribution in [-0.2, 0) is 14.2 Å². The summed E-state index contributed by atoms with van der Waals surface area (Å²) in [4.78, 5) is 13.8. The van der Waals surface area contributed by atoms with Crippen molar-refractivity contribution in [1.82, 2.24) is 4.90 Å². The van der Waals surface area contributed by atoms with Crippen LogP contribution < -0.4 is 0 Å². The molecular formula is C17H33NO4. The number of piperidine rings is 1. The lowest BCUT2D eigenvalue weighted by Crippen LogP contribution is -2.42. The molecule has 0 aromatic heterocycles. The molecule has 0 radical (unpaired) electrons. The monoisotopic (exact) mass is 315 g/mol. The van der Waals surface area contributed by atoms with Crippen molar-refractivity contribution in [3.63, 3.8) is 0 Å². The SMILES string of the molecule is COCCCCCOCC1CCN(C(=O)OC(C)(C)C)CC1. The Balaban J connectivity index is 2.06. The lowest BCUT2D eigenvalue weighted by atomic mass is 9.98. The van der Waals surface area contributed by atoms with Crippen LogP contribution in [0.15, 0.2) is 0 Å². The molecule has 0 saturated carbocycles. The third-order valence-corrected chi connectivity index (χ3v) is 3.76. The summed E-state index contributed by atoms with van der Waals surface area (Å²) >= 11 is 0. The summed E-state index contributed by atoms with van der Waals surface area (Å²) in [5.74, 6) is 0.567. The standard InChI is InChI=1S/C17H33NO4/c1-17(2,3)22-16(19)18-10-8-15(9-11-18)14-21-13-7-5-6-12-20-4/h15H,5-14H2,1-4H3. The quantitative estimate of drug-likeness (QED) is 0.644. The molecule has 1 fully saturated rings. The van der Waals surface area contributed by atoms with E-state index in [9.17, 15) is 4.79 Å². The summed E-state index contributed by atoms with van der Waals surface area (Å²) in [7, 11) is 1.74. The van der Waals surface area contributed by atoms with Crippen LogP contribution in [-0.4, -0.2) is 56.6 Å². The van der Waals surface area contributed by atoms with Gasteiger partial charge in [-0.2, -0.15) is 0 Å². The van der Waals surface area contributed by atoms with Crippen LogP contribution in [0.5, 0.6) is 0 Å². The molecule has 1 aliphatic rings. The topological polar surface area (TPSA) is 48.0 Å². The predicted octanol–water partition coefficient (Wildman–Crippen LogP) is 3.47. The first-order chi connectivity index (χ1) is 10.4. The summed E-state index contributed by atoms with van der Waals surface area (Å²) in [5.41, 5.74) is -0.417. The molecule has 0 spiro atoms. The molecule has 1 saturated heterocycles. The van der Waals surface area contributed by atoms with E-state index in [1.807, 2.05) is 25.7 Å². The van der Waals surface area contributed by atoms with E-state index in [4.69, 9.17) is 14.2 Å². The molecule has 5 nitrogen and oxygen atoms in total. The molecule has 0 aromatic rings. The molecule has 0 unspecified atom stereocenters. The van der Waals surface area contributed by atoms with Gasteiger partial charge in [-0.1, -0.05) is 0 Å². The third kappa shape index (κ3) is 8.59. The number of hydrogen-bond acceptors (Lipinski definition) is 4. The smallest absolute Gasteiger partial charge is 0.410 e. The normalized spacial score (nSPS) is 16.8. The summed E-state index contributed by atoms with van der Waals surface area (Å²) in [6.45, 7) is 9.73. The van der Waals surface area contributed by atoms with Gasteiger partial charge in [0.2, 0.25) is 0 Å². The fraction of sp³-hybridized carbons (Fsp3) is 0.941. The molecule has 1 rings (SSSR count). The van der Waals surface area contributed by atoms with Gasteiger partial charge in [0.25, 0.3) is 0 Å². The van der Waals surface area contributed by atoms with Crippen LogP contribution in [0.1, 0.15) is 52.9 Å². The fourth-order valence-electron chi connectivity index (χ4n) is 2.49. The first-order valence-electron chi connectivity index (χ1n) is 8.47. The zero-order chi connectivity index (χ0) is 16.4. The number of unbranched alkanes of at least 4 members (excludes halogenated alkanes) is 2. The maximum absolute atomic E-state index is 12.0. The number of carbonyl (C=O) groups is 1. The van der Waals surface area contributed by atoms with Crippen molar-refractivity contribution in [2.75, 3.05) is 40.0 Å². The summed E-state index contributed by atoms with van der Waals surface area (Å²) in [6.07, 6.45) is 5.18. The lowest BCUT2D eigenvalue weighted by molar-refractivity contribution is 0.0115. The van der Waals surface area contributed by atoms with Crippen molar-refractivity contribution in [3.8, 4) is 0 Å². The van der Waals surface area contributed by atoms with E-state index < -0.39 is 5.60 Å². The minimum absolute atomic E-state index is 0.190. The average Bonchev–Trinajstić information content (AvgIpc) is 2.45. The van der Waals surface area contributed by atoms with E-state index in [1.165, 1.54) is 0 Å². The van der Waals surface area contributed by atoms with Crippen molar-refractivity contribution in [2.24, 2.45) is 5.92 Å². The Hall–Kier alpha value is -0.810.